The molecule has 1 N–H and O–H groups in total. The highest BCUT2D eigenvalue weighted by Gasteiger charge is 2.14. The van der Waals surface area contributed by atoms with Crippen molar-refractivity contribution in [1.82, 2.24) is 4.72 Å². The quantitative estimate of drug-likeness (QED) is 0.918. The molecule has 0 radical (unpaired) electrons. The number of aryl methyl sites for hydroxylation is 1. The zero-order valence-corrected chi connectivity index (χ0v) is 13.3. The SMILES string of the molecule is COc1ccc(C)cc1CNS(=O)(=O)c1ccc(Cl)cc1. The third kappa shape index (κ3) is 3.97. The number of ether oxygens (including phenoxy) is 1. The molecule has 0 spiro atoms. The zero-order valence-electron chi connectivity index (χ0n) is 11.8. The van der Waals surface area contributed by atoms with Crippen LogP contribution < -0.4 is 9.46 Å². The minimum Gasteiger partial charge on any atom is -0.496 e. The number of benzene rings is 2. The average molecular weight is 326 g/mol. The van der Waals surface area contributed by atoms with Gasteiger partial charge in [0.05, 0.1) is 12.0 Å². The van der Waals surface area contributed by atoms with E-state index >= 15 is 0 Å². The molecule has 0 heterocycles. The molecule has 2 aromatic rings. The third-order valence-corrected chi connectivity index (χ3v) is 4.68. The van der Waals surface area contributed by atoms with Gasteiger partial charge in [0.25, 0.3) is 0 Å². The van der Waals surface area contributed by atoms with Gasteiger partial charge in [0.2, 0.25) is 10.0 Å². The van der Waals surface area contributed by atoms with Crippen LogP contribution in [0.25, 0.3) is 0 Å². The van der Waals surface area contributed by atoms with E-state index in [0.29, 0.717) is 10.8 Å². The first-order valence-electron chi connectivity index (χ1n) is 6.31. The molecule has 0 saturated heterocycles. The number of hydrogen-bond donors (Lipinski definition) is 1. The average Bonchev–Trinajstić information content (AvgIpc) is 2.46. The topological polar surface area (TPSA) is 55.4 Å². The lowest BCUT2D eigenvalue weighted by atomic mass is 10.1. The van der Waals surface area contributed by atoms with Crippen LogP contribution in [-0.2, 0) is 16.6 Å². The number of nitrogens with one attached hydrogen (secondary N) is 1. The van der Waals surface area contributed by atoms with E-state index in [1.807, 2.05) is 25.1 Å². The fourth-order valence-electron chi connectivity index (χ4n) is 1.92. The lowest BCUT2D eigenvalue weighted by Gasteiger charge is -2.11. The summed E-state index contributed by atoms with van der Waals surface area (Å²) < 4.78 is 32.2. The van der Waals surface area contributed by atoms with Gasteiger partial charge in [0.15, 0.2) is 0 Å². The van der Waals surface area contributed by atoms with E-state index < -0.39 is 10.0 Å². The smallest absolute Gasteiger partial charge is 0.240 e. The Kier molecular flexibility index (Phi) is 4.88. The largest absolute Gasteiger partial charge is 0.496 e. The van der Waals surface area contributed by atoms with E-state index in [1.54, 1.807) is 19.2 Å². The Bertz CT molecular complexity index is 727. The van der Waals surface area contributed by atoms with Gasteiger partial charge >= 0.3 is 0 Å². The molecule has 0 aliphatic carbocycles. The fraction of sp³-hybridized carbons (Fsp3) is 0.200. The first-order valence-corrected chi connectivity index (χ1v) is 8.17. The molecule has 0 aromatic heterocycles. The van der Waals surface area contributed by atoms with Crippen molar-refractivity contribution >= 4 is 21.6 Å². The maximum Gasteiger partial charge on any atom is 0.240 e. The molecule has 0 unspecified atom stereocenters. The van der Waals surface area contributed by atoms with Crippen LogP contribution in [0.2, 0.25) is 5.02 Å². The highest BCUT2D eigenvalue weighted by molar-refractivity contribution is 7.89. The molecule has 0 atom stereocenters. The lowest BCUT2D eigenvalue weighted by molar-refractivity contribution is 0.409. The summed E-state index contributed by atoms with van der Waals surface area (Å²) in [4.78, 5) is 0.179. The molecule has 112 valence electrons. The van der Waals surface area contributed by atoms with Crippen LogP contribution in [0.5, 0.6) is 5.75 Å². The van der Waals surface area contributed by atoms with Crippen molar-refractivity contribution in [2.45, 2.75) is 18.4 Å². The van der Waals surface area contributed by atoms with Crippen molar-refractivity contribution < 1.29 is 13.2 Å². The first kappa shape index (κ1) is 15.8. The van der Waals surface area contributed by atoms with E-state index in [1.165, 1.54) is 12.1 Å². The summed E-state index contributed by atoms with van der Waals surface area (Å²) >= 11 is 5.76. The minimum atomic E-state index is -3.58. The first-order chi connectivity index (χ1) is 9.92. The van der Waals surface area contributed by atoms with E-state index in [4.69, 9.17) is 16.3 Å². The molecule has 2 aromatic carbocycles. The van der Waals surface area contributed by atoms with Gasteiger partial charge in [-0.05, 0) is 37.3 Å². The standard InChI is InChI=1S/C15H16ClNO3S/c1-11-3-8-15(20-2)12(9-11)10-17-21(18,19)14-6-4-13(16)5-7-14/h3-9,17H,10H2,1-2H3. The number of hydrogen-bond acceptors (Lipinski definition) is 3. The van der Waals surface area contributed by atoms with Crippen LogP contribution in [0.1, 0.15) is 11.1 Å². The Morgan fingerprint density at radius 3 is 2.43 bits per heavy atom. The van der Waals surface area contributed by atoms with E-state index in [0.717, 1.165) is 11.1 Å². The van der Waals surface area contributed by atoms with Crippen LogP contribution in [0.3, 0.4) is 0 Å². The summed E-state index contributed by atoms with van der Waals surface area (Å²) in [6.45, 7) is 2.10. The number of methoxy groups -OCH3 is 1. The third-order valence-electron chi connectivity index (χ3n) is 3.01. The van der Waals surface area contributed by atoms with Gasteiger partial charge in [0.1, 0.15) is 5.75 Å². The Hall–Kier alpha value is -1.56. The summed E-state index contributed by atoms with van der Waals surface area (Å²) in [6.07, 6.45) is 0. The number of halogens is 1. The second kappa shape index (κ2) is 6.47. The fourth-order valence-corrected chi connectivity index (χ4v) is 3.05. The van der Waals surface area contributed by atoms with Gasteiger partial charge < -0.3 is 4.74 Å². The lowest BCUT2D eigenvalue weighted by Crippen LogP contribution is -2.23. The van der Waals surface area contributed by atoms with Crippen molar-refractivity contribution in [3.05, 3.63) is 58.6 Å². The Morgan fingerprint density at radius 1 is 1.14 bits per heavy atom. The molecule has 6 heteroatoms. The van der Waals surface area contributed by atoms with Gasteiger partial charge in [-0.1, -0.05) is 29.3 Å². The second-order valence-electron chi connectivity index (χ2n) is 4.59. The molecule has 0 bridgehead atoms. The molecule has 0 amide bonds. The molecule has 0 saturated carbocycles. The Balaban J connectivity index is 2.19. The summed E-state index contributed by atoms with van der Waals surface area (Å²) in [5.41, 5.74) is 1.83. The predicted octanol–water partition coefficient (Wildman–Crippen LogP) is 3.14. The monoisotopic (exact) mass is 325 g/mol. The van der Waals surface area contributed by atoms with Gasteiger partial charge in [-0.25, -0.2) is 13.1 Å². The number of sulfonamides is 1. The van der Waals surface area contributed by atoms with Gasteiger partial charge in [-0.15, -0.1) is 0 Å². The molecule has 4 nitrogen and oxygen atoms in total. The normalized spacial score (nSPS) is 11.4. The zero-order chi connectivity index (χ0) is 15.5. The number of rotatable bonds is 5. The molecule has 2 rings (SSSR count). The molecule has 0 fully saturated rings. The van der Waals surface area contributed by atoms with Crippen molar-refractivity contribution in [3.63, 3.8) is 0 Å². The van der Waals surface area contributed by atoms with E-state index in [2.05, 4.69) is 4.72 Å². The van der Waals surface area contributed by atoms with Gasteiger partial charge in [-0.2, -0.15) is 0 Å². The maximum absolute atomic E-state index is 12.2. The summed E-state index contributed by atoms with van der Waals surface area (Å²) in [7, 11) is -2.02. The van der Waals surface area contributed by atoms with Crippen LogP contribution in [0, 0.1) is 6.92 Å². The van der Waals surface area contributed by atoms with Gasteiger partial charge in [0, 0.05) is 17.1 Å². The van der Waals surface area contributed by atoms with Crippen molar-refractivity contribution in [2.75, 3.05) is 7.11 Å². The van der Waals surface area contributed by atoms with Crippen LogP contribution >= 0.6 is 11.6 Å². The molecular weight excluding hydrogens is 310 g/mol. The molecular formula is C15H16ClNO3S. The molecule has 21 heavy (non-hydrogen) atoms. The van der Waals surface area contributed by atoms with Crippen LogP contribution in [-0.4, -0.2) is 15.5 Å². The van der Waals surface area contributed by atoms with Crippen molar-refractivity contribution in [1.29, 1.82) is 0 Å². The van der Waals surface area contributed by atoms with Crippen molar-refractivity contribution in [3.8, 4) is 5.75 Å². The molecule has 0 aliphatic rings. The highest BCUT2D eigenvalue weighted by Crippen LogP contribution is 2.20. The molecule has 0 aliphatic heterocycles. The summed E-state index contributed by atoms with van der Waals surface area (Å²) in [5, 5.41) is 0.495. The Morgan fingerprint density at radius 2 is 1.81 bits per heavy atom. The van der Waals surface area contributed by atoms with E-state index in [-0.39, 0.29) is 11.4 Å². The maximum atomic E-state index is 12.2. The summed E-state index contributed by atoms with van der Waals surface area (Å²) in [6, 6.07) is 11.7. The predicted molar refractivity (Wildman–Crippen MR) is 83.2 cm³/mol. The van der Waals surface area contributed by atoms with Gasteiger partial charge in [-0.3, -0.25) is 0 Å². The van der Waals surface area contributed by atoms with Crippen LogP contribution in [0.15, 0.2) is 47.4 Å². The Labute approximate surface area is 129 Å². The summed E-state index contributed by atoms with van der Waals surface area (Å²) in [5.74, 6) is 0.652. The second-order valence-corrected chi connectivity index (χ2v) is 6.80. The highest BCUT2D eigenvalue weighted by atomic mass is 35.5. The van der Waals surface area contributed by atoms with Crippen molar-refractivity contribution in [2.24, 2.45) is 0 Å². The van der Waals surface area contributed by atoms with E-state index in [9.17, 15) is 8.42 Å². The van der Waals surface area contributed by atoms with Crippen LogP contribution in [0.4, 0.5) is 0 Å². The minimum absolute atomic E-state index is 0.163.